The van der Waals surface area contributed by atoms with Gasteiger partial charge in [0.2, 0.25) is 0 Å². The summed E-state index contributed by atoms with van der Waals surface area (Å²) in [6.45, 7) is 2.65. The van der Waals surface area contributed by atoms with E-state index in [0.29, 0.717) is 18.9 Å². The third kappa shape index (κ3) is 4.35. The molecule has 21 heavy (non-hydrogen) atoms. The lowest BCUT2D eigenvalue weighted by Gasteiger charge is -2.37. The smallest absolute Gasteiger partial charge is 0.326 e. The van der Waals surface area contributed by atoms with E-state index >= 15 is 0 Å². The number of carbonyl (C=O) groups excluding carboxylic acids is 1. The van der Waals surface area contributed by atoms with E-state index in [0.717, 1.165) is 38.5 Å². The highest BCUT2D eigenvalue weighted by Crippen LogP contribution is 2.26. The molecule has 1 aliphatic carbocycles. The molecule has 1 saturated heterocycles. The van der Waals surface area contributed by atoms with Gasteiger partial charge in [-0.3, -0.25) is 0 Å². The Morgan fingerprint density at radius 1 is 1.14 bits per heavy atom. The number of hydrogen-bond acceptors (Lipinski definition) is 2. The Balaban J connectivity index is 1.94. The van der Waals surface area contributed by atoms with Gasteiger partial charge in [0.15, 0.2) is 0 Å². The van der Waals surface area contributed by atoms with Crippen molar-refractivity contribution in [3.8, 4) is 0 Å². The predicted molar refractivity (Wildman–Crippen MR) is 81.2 cm³/mol. The van der Waals surface area contributed by atoms with Crippen molar-refractivity contribution < 1.29 is 14.7 Å². The highest BCUT2D eigenvalue weighted by Gasteiger charge is 2.36. The molecule has 2 amide bonds. The summed E-state index contributed by atoms with van der Waals surface area (Å²) in [6.07, 6.45) is 9.34. The average Bonchev–Trinajstić information content (AvgIpc) is 2.75. The summed E-state index contributed by atoms with van der Waals surface area (Å²) in [5.74, 6) is -0.447. The number of carboxylic acid groups (broad SMARTS) is 1. The maximum Gasteiger partial charge on any atom is 0.326 e. The normalized spacial score (nSPS) is 28.0. The van der Waals surface area contributed by atoms with Crippen LogP contribution in [0.15, 0.2) is 0 Å². The van der Waals surface area contributed by atoms with Gasteiger partial charge in [0, 0.05) is 12.6 Å². The Kier molecular flexibility index (Phi) is 5.88. The quantitative estimate of drug-likeness (QED) is 0.787. The van der Waals surface area contributed by atoms with E-state index < -0.39 is 12.0 Å². The van der Waals surface area contributed by atoms with Crippen LogP contribution >= 0.6 is 0 Å². The van der Waals surface area contributed by atoms with Crippen LogP contribution in [0, 0.1) is 5.92 Å². The molecule has 1 heterocycles. The van der Waals surface area contributed by atoms with E-state index in [1.807, 2.05) is 0 Å². The fourth-order valence-electron chi connectivity index (χ4n) is 3.57. The van der Waals surface area contributed by atoms with Crippen LogP contribution < -0.4 is 5.32 Å². The number of hydrogen-bond donors (Lipinski definition) is 2. The van der Waals surface area contributed by atoms with Crippen molar-refractivity contribution in [3.63, 3.8) is 0 Å². The Labute approximate surface area is 127 Å². The number of urea groups is 1. The molecular formula is C16H28N2O3. The van der Waals surface area contributed by atoms with Crippen molar-refractivity contribution in [2.24, 2.45) is 5.92 Å². The second-order valence-corrected chi connectivity index (χ2v) is 6.48. The van der Waals surface area contributed by atoms with E-state index in [1.54, 1.807) is 4.90 Å². The molecule has 2 fully saturated rings. The second kappa shape index (κ2) is 7.66. The fraction of sp³-hybridized carbons (Fsp3) is 0.875. The number of nitrogens with zero attached hydrogens (tertiary/aromatic N) is 1. The SMILES string of the molecule is CCC1CCN(C(=O)NC2CCCCCC2)C(C(=O)O)C1. The molecule has 2 rings (SSSR count). The molecule has 2 aliphatic rings. The zero-order valence-corrected chi connectivity index (χ0v) is 13.0. The van der Waals surface area contributed by atoms with Crippen molar-refractivity contribution in [2.45, 2.75) is 76.8 Å². The lowest BCUT2D eigenvalue weighted by Crippen LogP contribution is -2.55. The lowest BCUT2D eigenvalue weighted by molar-refractivity contribution is -0.144. The average molecular weight is 296 g/mol. The van der Waals surface area contributed by atoms with E-state index in [1.165, 1.54) is 12.8 Å². The number of aliphatic carboxylic acids is 1. The summed E-state index contributed by atoms with van der Waals surface area (Å²) in [5, 5.41) is 12.5. The van der Waals surface area contributed by atoms with E-state index in [4.69, 9.17) is 0 Å². The molecule has 2 N–H and O–H groups in total. The first-order chi connectivity index (χ1) is 10.1. The van der Waals surface area contributed by atoms with Crippen LogP contribution in [0.4, 0.5) is 4.79 Å². The molecule has 0 bridgehead atoms. The van der Waals surface area contributed by atoms with Gasteiger partial charge in [0.1, 0.15) is 6.04 Å². The molecule has 0 aromatic carbocycles. The maximum atomic E-state index is 12.4. The third-order valence-corrected chi connectivity index (χ3v) is 5.02. The Hall–Kier alpha value is -1.26. The standard InChI is InChI=1S/C16H28N2O3/c1-2-12-9-10-18(14(11-12)15(19)20)16(21)17-13-7-5-3-4-6-8-13/h12-14H,2-11H2,1H3,(H,17,21)(H,19,20). The largest absolute Gasteiger partial charge is 0.480 e. The van der Waals surface area contributed by atoms with Crippen LogP contribution in [-0.4, -0.2) is 40.6 Å². The molecule has 2 unspecified atom stereocenters. The zero-order chi connectivity index (χ0) is 15.2. The lowest BCUT2D eigenvalue weighted by atomic mass is 9.89. The fourth-order valence-corrected chi connectivity index (χ4v) is 3.57. The number of carboxylic acids is 1. The van der Waals surface area contributed by atoms with Crippen molar-refractivity contribution in [1.82, 2.24) is 10.2 Å². The number of rotatable bonds is 3. The van der Waals surface area contributed by atoms with Crippen LogP contribution in [0.25, 0.3) is 0 Å². The van der Waals surface area contributed by atoms with Crippen LogP contribution in [0.3, 0.4) is 0 Å². The highest BCUT2D eigenvalue weighted by atomic mass is 16.4. The number of piperidine rings is 1. The molecule has 0 radical (unpaired) electrons. The van der Waals surface area contributed by atoms with E-state index in [9.17, 15) is 14.7 Å². The number of likely N-dealkylation sites (tertiary alicyclic amines) is 1. The number of amides is 2. The van der Waals surface area contributed by atoms with Gasteiger partial charge in [-0.2, -0.15) is 0 Å². The molecule has 120 valence electrons. The van der Waals surface area contributed by atoms with Crippen LogP contribution in [0.1, 0.15) is 64.7 Å². The second-order valence-electron chi connectivity index (χ2n) is 6.48. The van der Waals surface area contributed by atoms with Gasteiger partial charge in [0.25, 0.3) is 0 Å². The molecule has 1 saturated carbocycles. The van der Waals surface area contributed by atoms with Gasteiger partial charge >= 0.3 is 12.0 Å². The molecule has 2 atom stereocenters. The zero-order valence-electron chi connectivity index (χ0n) is 13.0. The van der Waals surface area contributed by atoms with Crippen molar-refractivity contribution in [3.05, 3.63) is 0 Å². The molecule has 0 aromatic heterocycles. The summed E-state index contributed by atoms with van der Waals surface area (Å²) >= 11 is 0. The summed E-state index contributed by atoms with van der Waals surface area (Å²) in [4.78, 5) is 25.4. The van der Waals surface area contributed by atoms with Crippen LogP contribution in [0.5, 0.6) is 0 Å². The predicted octanol–water partition coefficient (Wildman–Crippen LogP) is 2.99. The first-order valence-electron chi connectivity index (χ1n) is 8.41. The molecule has 5 heteroatoms. The van der Waals surface area contributed by atoms with Crippen molar-refractivity contribution in [2.75, 3.05) is 6.54 Å². The van der Waals surface area contributed by atoms with Crippen LogP contribution in [0.2, 0.25) is 0 Å². The van der Waals surface area contributed by atoms with Gasteiger partial charge < -0.3 is 15.3 Å². The molecule has 1 aliphatic heterocycles. The monoisotopic (exact) mass is 296 g/mol. The van der Waals surface area contributed by atoms with Gasteiger partial charge in [0.05, 0.1) is 0 Å². The summed E-state index contributed by atoms with van der Waals surface area (Å²) in [6, 6.07) is -0.614. The topological polar surface area (TPSA) is 69.6 Å². The maximum absolute atomic E-state index is 12.4. The van der Waals surface area contributed by atoms with Gasteiger partial charge in [-0.15, -0.1) is 0 Å². The third-order valence-electron chi connectivity index (χ3n) is 5.02. The first-order valence-corrected chi connectivity index (χ1v) is 8.41. The summed E-state index contributed by atoms with van der Waals surface area (Å²) < 4.78 is 0. The molecule has 0 aromatic rings. The Morgan fingerprint density at radius 2 is 1.81 bits per heavy atom. The molecular weight excluding hydrogens is 268 g/mol. The summed E-state index contributed by atoms with van der Waals surface area (Å²) in [7, 11) is 0. The Morgan fingerprint density at radius 3 is 2.38 bits per heavy atom. The Bertz CT molecular complexity index is 365. The van der Waals surface area contributed by atoms with Crippen molar-refractivity contribution in [1.29, 1.82) is 0 Å². The highest BCUT2D eigenvalue weighted by molar-refractivity contribution is 5.83. The minimum Gasteiger partial charge on any atom is -0.480 e. The summed E-state index contributed by atoms with van der Waals surface area (Å²) in [5.41, 5.74) is 0. The first kappa shape index (κ1) is 16.1. The van der Waals surface area contributed by atoms with Crippen molar-refractivity contribution >= 4 is 12.0 Å². The van der Waals surface area contributed by atoms with Crippen LogP contribution in [-0.2, 0) is 4.79 Å². The minimum atomic E-state index is -0.871. The van der Waals surface area contributed by atoms with E-state index in [2.05, 4.69) is 12.2 Å². The van der Waals surface area contributed by atoms with Gasteiger partial charge in [-0.05, 0) is 31.6 Å². The van der Waals surface area contributed by atoms with E-state index in [-0.39, 0.29) is 12.1 Å². The molecule has 0 spiro atoms. The minimum absolute atomic E-state index is 0.177. The number of carbonyl (C=O) groups is 2. The molecule has 5 nitrogen and oxygen atoms in total. The van der Waals surface area contributed by atoms with Gasteiger partial charge in [-0.1, -0.05) is 39.0 Å². The van der Waals surface area contributed by atoms with Gasteiger partial charge in [-0.25, -0.2) is 9.59 Å². The number of nitrogens with one attached hydrogen (secondary N) is 1.